The molecule has 118 valence electrons. The lowest BCUT2D eigenvalue weighted by Crippen LogP contribution is -2.43. The highest BCUT2D eigenvalue weighted by Crippen LogP contribution is 2.20. The maximum atomic E-state index is 12.0. The second kappa shape index (κ2) is 7.11. The summed E-state index contributed by atoms with van der Waals surface area (Å²) in [5.74, 6) is 0.210. The van der Waals surface area contributed by atoms with Crippen LogP contribution in [-0.4, -0.2) is 37.4 Å². The Labute approximate surface area is 138 Å². The number of rotatable bonds is 6. The number of nitrogens with one attached hydrogen (secondary N) is 1. The van der Waals surface area contributed by atoms with E-state index in [1.807, 2.05) is 32.9 Å². The van der Waals surface area contributed by atoms with E-state index in [1.54, 1.807) is 16.8 Å². The number of hydrogen-bond donors (Lipinski definition) is 1. The van der Waals surface area contributed by atoms with E-state index < -0.39 is 0 Å². The summed E-state index contributed by atoms with van der Waals surface area (Å²) in [7, 11) is 0. The van der Waals surface area contributed by atoms with Gasteiger partial charge in [0.05, 0.1) is 11.4 Å². The van der Waals surface area contributed by atoms with Crippen molar-refractivity contribution in [2.24, 2.45) is 0 Å². The molecule has 1 aromatic carbocycles. The first-order valence-corrected chi connectivity index (χ1v) is 8.26. The van der Waals surface area contributed by atoms with Crippen molar-refractivity contribution in [3.05, 3.63) is 29.3 Å². The molecule has 2 aromatic rings. The smallest absolute Gasteiger partial charge is 0.230 e. The van der Waals surface area contributed by atoms with Crippen molar-refractivity contribution in [1.82, 2.24) is 25.5 Å². The van der Waals surface area contributed by atoms with Gasteiger partial charge in [-0.25, -0.2) is 0 Å². The van der Waals surface area contributed by atoms with Gasteiger partial charge in [0.2, 0.25) is 11.1 Å². The van der Waals surface area contributed by atoms with Crippen LogP contribution < -0.4 is 5.32 Å². The fourth-order valence-electron chi connectivity index (χ4n) is 1.67. The average molecular weight is 340 g/mol. The Bertz CT molecular complexity index is 658. The third-order valence-corrected chi connectivity index (χ3v) is 4.34. The predicted molar refractivity (Wildman–Crippen MR) is 87.4 cm³/mol. The zero-order chi connectivity index (χ0) is 16.2. The second-order valence-electron chi connectivity index (χ2n) is 5.43. The lowest BCUT2D eigenvalue weighted by atomic mass is 10.0. The fraction of sp³-hybridized carbons (Fsp3) is 0.429. The van der Waals surface area contributed by atoms with Crippen LogP contribution in [0.25, 0.3) is 5.69 Å². The molecule has 6 nitrogen and oxygen atoms in total. The van der Waals surface area contributed by atoms with Crippen molar-refractivity contribution in [2.45, 2.75) is 37.9 Å². The van der Waals surface area contributed by atoms with Gasteiger partial charge < -0.3 is 5.32 Å². The predicted octanol–water partition coefficient (Wildman–Crippen LogP) is 2.71. The zero-order valence-electron chi connectivity index (χ0n) is 12.7. The van der Waals surface area contributed by atoms with Gasteiger partial charge >= 0.3 is 0 Å². The quantitative estimate of drug-likeness (QED) is 0.819. The average Bonchev–Trinajstić information content (AvgIpc) is 2.93. The van der Waals surface area contributed by atoms with Crippen molar-refractivity contribution in [3.63, 3.8) is 0 Å². The van der Waals surface area contributed by atoms with Gasteiger partial charge in [0.1, 0.15) is 0 Å². The molecule has 1 amide bonds. The number of tetrazole rings is 1. The van der Waals surface area contributed by atoms with Crippen LogP contribution in [0.15, 0.2) is 29.4 Å². The van der Waals surface area contributed by atoms with E-state index in [-0.39, 0.29) is 17.2 Å². The van der Waals surface area contributed by atoms with E-state index in [1.165, 1.54) is 11.8 Å². The summed E-state index contributed by atoms with van der Waals surface area (Å²) in [5.41, 5.74) is 0.547. The minimum atomic E-state index is -0.212. The van der Waals surface area contributed by atoms with Crippen LogP contribution >= 0.6 is 23.4 Å². The maximum Gasteiger partial charge on any atom is 0.230 e. The molecule has 0 bridgehead atoms. The summed E-state index contributed by atoms with van der Waals surface area (Å²) in [6.07, 6.45) is 0.865. The molecular weight excluding hydrogens is 322 g/mol. The maximum absolute atomic E-state index is 12.0. The number of carbonyl (C=O) groups is 1. The van der Waals surface area contributed by atoms with Crippen LogP contribution in [0.3, 0.4) is 0 Å². The van der Waals surface area contributed by atoms with Crippen LogP contribution in [0.5, 0.6) is 0 Å². The summed E-state index contributed by atoms with van der Waals surface area (Å²) in [6, 6.07) is 7.22. The van der Waals surface area contributed by atoms with Gasteiger partial charge in [0.15, 0.2) is 0 Å². The first-order chi connectivity index (χ1) is 10.4. The molecule has 0 aliphatic rings. The topological polar surface area (TPSA) is 72.7 Å². The number of nitrogens with zero attached hydrogens (tertiary/aromatic N) is 4. The minimum absolute atomic E-state index is 0.0440. The molecule has 0 saturated heterocycles. The Morgan fingerprint density at radius 3 is 2.91 bits per heavy atom. The Morgan fingerprint density at radius 2 is 2.23 bits per heavy atom. The molecule has 1 N–H and O–H groups in total. The monoisotopic (exact) mass is 339 g/mol. The lowest BCUT2D eigenvalue weighted by Gasteiger charge is -2.24. The Balaban J connectivity index is 2.03. The summed E-state index contributed by atoms with van der Waals surface area (Å²) in [4.78, 5) is 12.0. The molecule has 0 aliphatic carbocycles. The van der Waals surface area contributed by atoms with Crippen LogP contribution in [0.2, 0.25) is 5.02 Å². The lowest BCUT2D eigenvalue weighted by molar-refractivity contribution is -0.120. The molecule has 1 heterocycles. The molecule has 0 unspecified atom stereocenters. The van der Waals surface area contributed by atoms with Crippen molar-refractivity contribution >= 4 is 29.3 Å². The van der Waals surface area contributed by atoms with Gasteiger partial charge in [-0.2, -0.15) is 4.68 Å². The van der Waals surface area contributed by atoms with Gasteiger partial charge in [-0.1, -0.05) is 36.4 Å². The van der Waals surface area contributed by atoms with Crippen molar-refractivity contribution in [1.29, 1.82) is 0 Å². The largest absolute Gasteiger partial charge is 0.351 e. The third kappa shape index (κ3) is 4.45. The molecule has 22 heavy (non-hydrogen) atoms. The Morgan fingerprint density at radius 1 is 1.45 bits per heavy atom. The van der Waals surface area contributed by atoms with E-state index in [2.05, 4.69) is 20.8 Å². The van der Waals surface area contributed by atoms with Crippen LogP contribution in [-0.2, 0) is 4.79 Å². The number of halogens is 1. The molecule has 2 rings (SSSR count). The van der Waals surface area contributed by atoms with Gasteiger partial charge in [0, 0.05) is 10.6 Å². The van der Waals surface area contributed by atoms with Crippen molar-refractivity contribution in [3.8, 4) is 5.69 Å². The van der Waals surface area contributed by atoms with Crippen molar-refractivity contribution < 1.29 is 4.79 Å². The summed E-state index contributed by atoms with van der Waals surface area (Å²) < 4.78 is 1.56. The first-order valence-electron chi connectivity index (χ1n) is 6.89. The normalized spacial score (nSPS) is 11.5. The number of thioether (sulfide) groups is 1. The summed E-state index contributed by atoms with van der Waals surface area (Å²) in [6.45, 7) is 6.02. The van der Waals surface area contributed by atoms with E-state index in [0.29, 0.717) is 10.2 Å². The third-order valence-electron chi connectivity index (χ3n) is 3.19. The summed E-state index contributed by atoms with van der Waals surface area (Å²) in [5, 5.41) is 15.7. The molecule has 0 radical (unpaired) electrons. The molecule has 0 spiro atoms. The second-order valence-corrected chi connectivity index (χ2v) is 6.81. The number of benzene rings is 1. The standard InChI is InChI=1S/C14H18ClN5OS/c1-4-14(2,3)16-12(21)9-22-13-17-18-19-20(13)11-7-5-6-10(15)8-11/h5-8H,4,9H2,1-3H3,(H,16,21). The first kappa shape index (κ1) is 16.8. The highest BCUT2D eigenvalue weighted by Gasteiger charge is 2.19. The van der Waals surface area contributed by atoms with Crippen LogP contribution in [0, 0.1) is 0 Å². The van der Waals surface area contributed by atoms with E-state index in [0.717, 1.165) is 12.1 Å². The molecular formula is C14H18ClN5OS. The minimum Gasteiger partial charge on any atom is -0.351 e. The number of hydrogen-bond acceptors (Lipinski definition) is 5. The number of aromatic nitrogens is 4. The van der Waals surface area contributed by atoms with Crippen LogP contribution in [0.4, 0.5) is 0 Å². The fourth-order valence-corrected chi connectivity index (χ4v) is 2.55. The van der Waals surface area contributed by atoms with Crippen LogP contribution in [0.1, 0.15) is 27.2 Å². The van der Waals surface area contributed by atoms with Gasteiger partial charge in [-0.05, 0) is 48.9 Å². The Kier molecular flexibility index (Phi) is 5.42. The molecule has 0 fully saturated rings. The number of carbonyl (C=O) groups excluding carboxylic acids is 1. The van der Waals surface area contributed by atoms with Gasteiger partial charge in [-0.15, -0.1) is 5.10 Å². The van der Waals surface area contributed by atoms with Gasteiger partial charge in [-0.3, -0.25) is 4.79 Å². The number of amides is 1. The molecule has 0 aliphatic heterocycles. The van der Waals surface area contributed by atoms with E-state index in [9.17, 15) is 4.79 Å². The Hall–Kier alpha value is -1.60. The molecule has 0 atom stereocenters. The molecule has 1 aromatic heterocycles. The molecule has 0 saturated carbocycles. The summed E-state index contributed by atoms with van der Waals surface area (Å²) >= 11 is 7.26. The molecule has 8 heteroatoms. The van der Waals surface area contributed by atoms with Gasteiger partial charge in [0.25, 0.3) is 0 Å². The SMILES string of the molecule is CCC(C)(C)NC(=O)CSc1nnnn1-c1cccc(Cl)c1. The van der Waals surface area contributed by atoms with Crippen molar-refractivity contribution in [2.75, 3.05) is 5.75 Å². The highest BCUT2D eigenvalue weighted by atomic mass is 35.5. The van der Waals surface area contributed by atoms with E-state index >= 15 is 0 Å². The zero-order valence-corrected chi connectivity index (χ0v) is 14.3. The van der Waals surface area contributed by atoms with E-state index in [4.69, 9.17) is 11.6 Å². The highest BCUT2D eigenvalue weighted by molar-refractivity contribution is 7.99.